The monoisotopic (exact) mass is 388 g/mol. The van der Waals surface area contributed by atoms with E-state index >= 15 is 0 Å². The molecule has 3 rings (SSSR count). The van der Waals surface area contributed by atoms with Crippen LogP contribution in [0.4, 0.5) is 4.39 Å². The van der Waals surface area contributed by atoms with E-state index in [4.69, 9.17) is 0 Å². The van der Waals surface area contributed by atoms with E-state index in [0.717, 1.165) is 13.1 Å². The van der Waals surface area contributed by atoms with Gasteiger partial charge in [-0.05, 0) is 36.7 Å². The lowest BCUT2D eigenvalue weighted by Gasteiger charge is -2.32. The zero-order valence-corrected chi connectivity index (χ0v) is 15.7. The number of carbonyl (C=O) groups excluding carboxylic acids is 1. The first-order valence-electron chi connectivity index (χ1n) is 7.80. The smallest absolute Gasteiger partial charge is 0.224 e. The van der Waals surface area contributed by atoms with Crippen LogP contribution in [-0.4, -0.2) is 28.5 Å². The molecule has 1 aliphatic heterocycles. The summed E-state index contributed by atoms with van der Waals surface area (Å²) in [7, 11) is 1.86. The second kappa shape index (κ2) is 9.17. The molecule has 2 N–H and O–H groups in total. The molecule has 25 heavy (non-hydrogen) atoms. The average Bonchev–Trinajstić information content (AvgIpc) is 2.88. The highest BCUT2D eigenvalue weighted by atomic mass is 35.5. The fraction of sp³-hybridized carbons (Fsp3) is 0.412. The number of nitrogens with one attached hydrogen (secondary N) is 2. The van der Waals surface area contributed by atoms with Crippen molar-refractivity contribution in [1.29, 1.82) is 0 Å². The molecule has 0 spiro atoms. The van der Waals surface area contributed by atoms with E-state index in [1.165, 1.54) is 12.1 Å². The van der Waals surface area contributed by atoms with E-state index in [-0.39, 0.29) is 42.5 Å². The zero-order valence-electron chi connectivity index (χ0n) is 14.1. The summed E-state index contributed by atoms with van der Waals surface area (Å²) in [6, 6.07) is 5.82. The van der Waals surface area contributed by atoms with Crippen molar-refractivity contribution < 1.29 is 9.18 Å². The van der Waals surface area contributed by atoms with Crippen LogP contribution in [0.2, 0.25) is 0 Å². The number of rotatable bonds is 5. The van der Waals surface area contributed by atoms with Gasteiger partial charge in [0.05, 0.1) is 0 Å². The maximum atomic E-state index is 13.6. The molecule has 1 fully saturated rings. The quantitative estimate of drug-likeness (QED) is 0.826. The van der Waals surface area contributed by atoms with Gasteiger partial charge in [-0.25, -0.2) is 9.37 Å². The first kappa shape index (κ1) is 21.4. The Balaban J connectivity index is 0.00000156. The van der Waals surface area contributed by atoms with E-state index in [0.29, 0.717) is 17.3 Å². The highest BCUT2D eigenvalue weighted by Gasteiger charge is 2.31. The van der Waals surface area contributed by atoms with E-state index in [9.17, 15) is 9.18 Å². The number of halogens is 3. The fourth-order valence-electron chi connectivity index (χ4n) is 2.79. The van der Waals surface area contributed by atoms with Gasteiger partial charge in [-0.15, -0.1) is 24.8 Å². The van der Waals surface area contributed by atoms with Gasteiger partial charge in [0, 0.05) is 25.4 Å². The topological polar surface area (TPSA) is 59.0 Å². The van der Waals surface area contributed by atoms with Crippen molar-refractivity contribution in [1.82, 2.24) is 20.2 Å². The number of nitrogens with zero attached hydrogens (tertiary/aromatic N) is 2. The van der Waals surface area contributed by atoms with Crippen molar-refractivity contribution in [3.05, 3.63) is 53.9 Å². The van der Waals surface area contributed by atoms with Crippen molar-refractivity contribution in [2.75, 3.05) is 13.1 Å². The molecule has 5 nitrogen and oxygen atoms in total. The highest BCUT2D eigenvalue weighted by molar-refractivity contribution is 5.85. The summed E-state index contributed by atoms with van der Waals surface area (Å²) >= 11 is 0. The van der Waals surface area contributed by atoms with Crippen molar-refractivity contribution in [3.8, 4) is 0 Å². The maximum Gasteiger partial charge on any atom is 0.224 e. The van der Waals surface area contributed by atoms with Gasteiger partial charge in [0.1, 0.15) is 17.7 Å². The number of hydrogen-bond donors (Lipinski definition) is 2. The summed E-state index contributed by atoms with van der Waals surface area (Å²) in [4.78, 5) is 16.9. The van der Waals surface area contributed by atoms with Crippen LogP contribution in [-0.2, 0) is 11.8 Å². The molecular weight excluding hydrogens is 366 g/mol. The Morgan fingerprint density at radius 1 is 1.40 bits per heavy atom. The molecule has 1 aromatic heterocycles. The van der Waals surface area contributed by atoms with Crippen molar-refractivity contribution in [2.24, 2.45) is 18.9 Å². The van der Waals surface area contributed by atoms with Crippen LogP contribution in [0.5, 0.6) is 0 Å². The van der Waals surface area contributed by atoms with Gasteiger partial charge in [0.25, 0.3) is 0 Å². The standard InChI is InChI=1S/C17H21FN4O.2ClH/c1-11(13-9-19-10-13)17(23)21-15(16-20-6-7-22(16)2)12-4-3-5-14(18)8-12;;/h3-8,11,13,15,19H,9-10H2,1-2H3,(H,21,23);2*1H. The van der Waals surface area contributed by atoms with E-state index in [1.807, 2.05) is 24.7 Å². The van der Waals surface area contributed by atoms with Crippen LogP contribution in [0, 0.1) is 17.7 Å². The molecule has 2 atom stereocenters. The van der Waals surface area contributed by atoms with E-state index in [1.54, 1.807) is 18.3 Å². The number of imidazole rings is 1. The maximum absolute atomic E-state index is 13.6. The molecule has 1 amide bonds. The predicted octanol–water partition coefficient (Wildman–Crippen LogP) is 2.46. The minimum atomic E-state index is -0.464. The minimum Gasteiger partial charge on any atom is -0.342 e. The molecule has 2 heterocycles. The molecular formula is C17H23Cl2FN4O. The van der Waals surface area contributed by atoms with Crippen LogP contribution in [0.3, 0.4) is 0 Å². The van der Waals surface area contributed by atoms with Crippen molar-refractivity contribution in [2.45, 2.75) is 13.0 Å². The third kappa shape index (κ3) is 4.71. The first-order chi connectivity index (χ1) is 11.1. The van der Waals surface area contributed by atoms with E-state index in [2.05, 4.69) is 15.6 Å². The molecule has 0 bridgehead atoms. The number of aryl methyl sites for hydroxylation is 1. The van der Waals surface area contributed by atoms with Gasteiger partial charge in [-0.1, -0.05) is 19.1 Å². The lowest BCUT2D eigenvalue weighted by molar-refractivity contribution is -0.127. The number of carbonyl (C=O) groups is 1. The Bertz CT molecular complexity index is 705. The van der Waals surface area contributed by atoms with Crippen molar-refractivity contribution >= 4 is 30.7 Å². The third-order valence-corrected chi connectivity index (χ3v) is 4.52. The minimum absolute atomic E-state index is 0. The van der Waals surface area contributed by atoms with E-state index < -0.39 is 6.04 Å². The summed E-state index contributed by atoms with van der Waals surface area (Å²) in [5, 5.41) is 6.22. The zero-order chi connectivity index (χ0) is 16.4. The molecule has 1 saturated heterocycles. The molecule has 1 aliphatic rings. The molecule has 0 aliphatic carbocycles. The van der Waals surface area contributed by atoms with Crippen LogP contribution in [0.1, 0.15) is 24.4 Å². The molecule has 0 saturated carbocycles. The first-order valence-corrected chi connectivity index (χ1v) is 7.80. The molecule has 2 unspecified atom stereocenters. The highest BCUT2D eigenvalue weighted by Crippen LogP contribution is 2.23. The summed E-state index contributed by atoms with van der Waals surface area (Å²) in [6.45, 7) is 3.66. The SMILES string of the molecule is CC(C(=O)NC(c1cccc(F)c1)c1nccn1C)C1CNC1.Cl.Cl. The largest absolute Gasteiger partial charge is 0.342 e. The normalized spacial score (nSPS) is 16.0. The number of hydrogen-bond acceptors (Lipinski definition) is 3. The Labute approximate surface area is 159 Å². The predicted molar refractivity (Wildman–Crippen MR) is 99.6 cm³/mol. The second-order valence-electron chi connectivity index (χ2n) is 6.10. The molecule has 8 heteroatoms. The number of aromatic nitrogens is 2. The summed E-state index contributed by atoms with van der Waals surface area (Å²) in [5.41, 5.74) is 0.687. The number of amides is 1. The Morgan fingerprint density at radius 3 is 2.64 bits per heavy atom. The van der Waals surface area contributed by atoms with Gasteiger partial charge in [0.15, 0.2) is 0 Å². The summed E-state index contributed by atoms with van der Waals surface area (Å²) < 4.78 is 15.4. The van der Waals surface area contributed by atoms with Crippen LogP contribution in [0.25, 0.3) is 0 Å². The van der Waals surface area contributed by atoms with Gasteiger partial charge < -0.3 is 15.2 Å². The third-order valence-electron chi connectivity index (χ3n) is 4.52. The second-order valence-corrected chi connectivity index (χ2v) is 6.10. The number of benzene rings is 1. The lowest BCUT2D eigenvalue weighted by Crippen LogP contribution is -2.50. The lowest BCUT2D eigenvalue weighted by atomic mass is 9.88. The summed E-state index contributed by atoms with van der Waals surface area (Å²) in [5.74, 6) is 0.584. The Hall–Kier alpha value is -1.63. The van der Waals surface area contributed by atoms with Crippen molar-refractivity contribution in [3.63, 3.8) is 0 Å². The van der Waals surface area contributed by atoms with Gasteiger partial charge >= 0.3 is 0 Å². The molecule has 138 valence electrons. The van der Waals surface area contributed by atoms with Gasteiger partial charge in [-0.3, -0.25) is 4.79 Å². The molecule has 1 aromatic carbocycles. The Kier molecular flexibility index (Phi) is 7.86. The van der Waals surface area contributed by atoms with Gasteiger partial charge in [0.2, 0.25) is 5.91 Å². The molecule has 0 radical (unpaired) electrons. The van der Waals surface area contributed by atoms with Crippen LogP contribution in [0.15, 0.2) is 36.7 Å². The fourth-order valence-corrected chi connectivity index (χ4v) is 2.79. The van der Waals surface area contributed by atoms with Gasteiger partial charge in [-0.2, -0.15) is 0 Å². The Morgan fingerprint density at radius 2 is 2.12 bits per heavy atom. The summed E-state index contributed by atoms with van der Waals surface area (Å²) in [6.07, 6.45) is 3.49. The average molecular weight is 389 g/mol. The van der Waals surface area contributed by atoms with Crippen LogP contribution < -0.4 is 10.6 Å². The van der Waals surface area contributed by atoms with Crippen LogP contribution >= 0.6 is 24.8 Å². The molecule has 2 aromatic rings.